The summed E-state index contributed by atoms with van der Waals surface area (Å²) in [5.41, 5.74) is 1.81. The average Bonchev–Trinajstić information content (AvgIpc) is 2.41. The zero-order valence-corrected chi connectivity index (χ0v) is 14.2. The number of nitrogens with one attached hydrogen (secondary N) is 1. The molecule has 1 saturated carbocycles. The SMILES string of the molecule is Cc1ccc(Br)cc1C(=O)NC1CCCCC1C(C)C. The summed E-state index contributed by atoms with van der Waals surface area (Å²) in [5.74, 6) is 1.31. The molecule has 2 rings (SSSR count). The van der Waals surface area contributed by atoms with Crippen molar-refractivity contribution in [2.45, 2.75) is 52.5 Å². The van der Waals surface area contributed by atoms with Crippen LogP contribution in [0.4, 0.5) is 0 Å². The summed E-state index contributed by atoms with van der Waals surface area (Å²) < 4.78 is 0.956. The molecule has 20 heavy (non-hydrogen) atoms. The summed E-state index contributed by atoms with van der Waals surface area (Å²) in [6.07, 6.45) is 4.87. The van der Waals surface area contributed by atoms with Crippen LogP contribution in [0.1, 0.15) is 55.5 Å². The number of carbonyl (C=O) groups excluding carboxylic acids is 1. The van der Waals surface area contributed by atoms with Gasteiger partial charge < -0.3 is 5.32 Å². The Bertz CT molecular complexity index is 484. The third-order valence-electron chi connectivity index (χ3n) is 4.44. The molecule has 2 atom stereocenters. The second-order valence-electron chi connectivity index (χ2n) is 6.23. The maximum Gasteiger partial charge on any atom is 0.251 e. The fourth-order valence-corrected chi connectivity index (χ4v) is 3.58. The summed E-state index contributed by atoms with van der Waals surface area (Å²) in [6.45, 7) is 6.52. The van der Waals surface area contributed by atoms with E-state index < -0.39 is 0 Å². The zero-order valence-electron chi connectivity index (χ0n) is 12.6. The van der Waals surface area contributed by atoms with Gasteiger partial charge >= 0.3 is 0 Å². The van der Waals surface area contributed by atoms with Crippen molar-refractivity contribution >= 4 is 21.8 Å². The Balaban J connectivity index is 2.11. The third kappa shape index (κ3) is 3.63. The number of hydrogen-bond donors (Lipinski definition) is 1. The Labute approximate surface area is 130 Å². The first-order chi connectivity index (χ1) is 9.49. The molecule has 3 heteroatoms. The number of halogens is 1. The van der Waals surface area contributed by atoms with Crippen molar-refractivity contribution in [2.24, 2.45) is 11.8 Å². The van der Waals surface area contributed by atoms with E-state index in [0.717, 1.165) is 22.0 Å². The number of aryl methyl sites for hydroxylation is 1. The van der Waals surface area contributed by atoms with E-state index in [4.69, 9.17) is 0 Å². The lowest BCUT2D eigenvalue weighted by Crippen LogP contribution is -2.44. The number of rotatable bonds is 3. The molecule has 1 amide bonds. The topological polar surface area (TPSA) is 29.1 Å². The Morgan fingerprint density at radius 3 is 2.70 bits per heavy atom. The second kappa shape index (κ2) is 6.75. The zero-order chi connectivity index (χ0) is 14.7. The fourth-order valence-electron chi connectivity index (χ4n) is 3.22. The van der Waals surface area contributed by atoms with E-state index in [1.807, 2.05) is 25.1 Å². The molecule has 2 nitrogen and oxygen atoms in total. The van der Waals surface area contributed by atoms with E-state index in [9.17, 15) is 4.79 Å². The van der Waals surface area contributed by atoms with Crippen LogP contribution in [0.3, 0.4) is 0 Å². The van der Waals surface area contributed by atoms with Crippen LogP contribution in [0.5, 0.6) is 0 Å². The summed E-state index contributed by atoms with van der Waals surface area (Å²) in [7, 11) is 0. The highest BCUT2D eigenvalue weighted by Crippen LogP contribution is 2.30. The maximum absolute atomic E-state index is 12.5. The van der Waals surface area contributed by atoms with Crippen molar-refractivity contribution in [3.63, 3.8) is 0 Å². The molecule has 1 fully saturated rings. The van der Waals surface area contributed by atoms with Gasteiger partial charge in [-0.25, -0.2) is 0 Å². The van der Waals surface area contributed by atoms with Gasteiger partial charge in [-0.1, -0.05) is 48.7 Å². The van der Waals surface area contributed by atoms with Crippen molar-refractivity contribution in [3.05, 3.63) is 33.8 Å². The van der Waals surface area contributed by atoms with E-state index in [1.54, 1.807) is 0 Å². The monoisotopic (exact) mass is 337 g/mol. The van der Waals surface area contributed by atoms with Crippen LogP contribution in [0.25, 0.3) is 0 Å². The number of carbonyl (C=O) groups is 1. The van der Waals surface area contributed by atoms with Crippen LogP contribution < -0.4 is 5.32 Å². The van der Waals surface area contributed by atoms with E-state index in [1.165, 1.54) is 19.3 Å². The van der Waals surface area contributed by atoms with Crippen LogP contribution in [0.15, 0.2) is 22.7 Å². The van der Waals surface area contributed by atoms with E-state index >= 15 is 0 Å². The predicted molar refractivity (Wildman–Crippen MR) is 86.9 cm³/mol. The van der Waals surface area contributed by atoms with Gasteiger partial charge in [0.05, 0.1) is 0 Å². The van der Waals surface area contributed by atoms with Gasteiger partial charge in [0.1, 0.15) is 0 Å². The summed E-state index contributed by atoms with van der Waals surface area (Å²) in [5, 5.41) is 3.27. The molecule has 2 unspecified atom stereocenters. The lowest BCUT2D eigenvalue weighted by Gasteiger charge is -2.35. The summed E-state index contributed by atoms with van der Waals surface area (Å²) >= 11 is 3.44. The van der Waals surface area contributed by atoms with E-state index in [-0.39, 0.29) is 5.91 Å². The van der Waals surface area contributed by atoms with Crippen molar-refractivity contribution < 1.29 is 4.79 Å². The first kappa shape index (κ1) is 15.6. The lowest BCUT2D eigenvalue weighted by atomic mass is 9.77. The normalized spacial score (nSPS) is 22.9. The highest BCUT2D eigenvalue weighted by molar-refractivity contribution is 9.10. The summed E-state index contributed by atoms with van der Waals surface area (Å²) in [6, 6.07) is 6.20. The molecule has 1 aromatic carbocycles. The van der Waals surface area contributed by atoms with E-state index in [0.29, 0.717) is 17.9 Å². The molecular weight excluding hydrogens is 314 g/mol. The molecule has 0 spiro atoms. The molecule has 0 radical (unpaired) electrons. The maximum atomic E-state index is 12.5. The minimum absolute atomic E-state index is 0.0707. The van der Waals surface area contributed by atoms with Gasteiger partial charge in [0.2, 0.25) is 0 Å². The predicted octanol–water partition coefficient (Wildman–Crippen LogP) is 4.70. The molecule has 0 heterocycles. The van der Waals surface area contributed by atoms with Gasteiger partial charge in [-0.05, 0) is 49.3 Å². The minimum Gasteiger partial charge on any atom is -0.349 e. The van der Waals surface area contributed by atoms with E-state index in [2.05, 4.69) is 35.1 Å². The molecular formula is C17H24BrNO. The van der Waals surface area contributed by atoms with Crippen LogP contribution in [0, 0.1) is 18.8 Å². The Morgan fingerprint density at radius 2 is 2.00 bits per heavy atom. The van der Waals surface area contributed by atoms with Gasteiger partial charge in [0.15, 0.2) is 0 Å². The number of amides is 1. The fraction of sp³-hybridized carbons (Fsp3) is 0.588. The highest BCUT2D eigenvalue weighted by atomic mass is 79.9. The Hall–Kier alpha value is -0.830. The Morgan fingerprint density at radius 1 is 1.30 bits per heavy atom. The molecule has 0 aromatic heterocycles. The van der Waals surface area contributed by atoms with Gasteiger partial charge in [0.25, 0.3) is 5.91 Å². The van der Waals surface area contributed by atoms with Crippen molar-refractivity contribution in [1.82, 2.24) is 5.32 Å². The quantitative estimate of drug-likeness (QED) is 0.850. The van der Waals surface area contributed by atoms with Crippen LogP contribution in [0.2, 0.25) is 0 Å². The smallest absolute Gasteiger partial charge is 0.251 e. The number of hydrogen-bond acceptors (Lipinski definition) is 1. The second-order valence-corrected chi connectivity index (χ2v) is 7.15. The average molecular weight is 338 g/mol. The molecule has 0 saturated heterocycles. The van der Waals surface area contributed by atoms with Crippen LogP contribution >= 0.6 is 15.9 Å². The third-order valence-corrected chi connectivity index (χ3v) is 4.93. The van der Waals surface area contributed by atoms with Gasteiger partial charge in [0, 0.05) is 16.1 Å². The molecule has 1 aliphatic rings. The van der Waals surface area contributed by atoms with Crippen molar-refractivity contribution in [2.75, 3.05) is 0 Å². The minimum atomic E-state index is 0.0707. The molecule has 1 N–H and O–H groups in total. The molecule has 1 aliphatic carbocycles. The molecule has 1 aromatic rings. The lowest BCUT2D eigenvalue weighted by molar-refractivity contribution is 0.0888. The largest absolute Gasteiger partial charge is 0.349 e. The van der Waals surface area contributed by atoms with Crippen molar-refractivity contribution in [1.29, 1.82) is 0 Å². The van der Waals surface area contributed by atoms with Gasteiger partial charge in [-0.15, -0.1) is 0 Å². The first-order valence-electron chi connectivity index (χ1n) is 7.56. The Kier molecular flexibility index (Phi) is 5.25. The van der Waals surface area contributed by atoms with Crippen molar-refractivity contribution in [3.8, 4) is 0 Å². The van der Waals surface area contributed by atoms with Gasteiger partial charge in [-0.3, -0.25) is 4.79 Å². The highest BCUT2D eigenvalue weighted by Gasteiger charge is 2.29. The van der Waals surface area contributed by atoms with Crippen LogP contribution in [-0.4, -0.2) is 11.9 Å². The standard InChI is InChI=1S/C17H24BrNO/c1-11(2)14-6-4-5-7-16(14)19-17(20)15-10-13(18)9-8-12(15)3/h8-11,14,16H,4-7H2,1-3H3,(H,19,20). The summed E-state index contributed by atoms with van der Waals surface area (Å²) in [4.78, 5) is 12.5. The van der Waals surface area contributed by atoms with Gasteiger partial charge in [-0.2, -0.15) is 0 Å². The van der Waals surface area contributed by atoms with Crippen LogP contribution in [-0.2, 0) is 0 Å². The molecule has 110 valence electrons. The number of benzene rings is 1. The first-order valence-corrected chi connectivity index (χ1v) is 8.35. The molecule has 0 bridgehead atoms. The molecule has 0 aliphatic heterocycles.